The predicted octanol–water partition coefficient (Wildman–Crippen LogP) is -0.946. The molecule has 1 heterocycles. The quantitative estimate of drug-likeness (QED) is 0.577. The van der Waals surface area contributed by atoms with Crippen LogP contribution < -0.4 is 0 Å². The Morgan fingerprint density at radius 1 is 1.67 bits per heavy atom. The summed E-state index contributed by atoms with van der Waals surface area (Å²) >= 11 is 0. The van der Waals surface area contributed by atoms with Gasteiger partial charge in [0.2, 0.25) is 5.91 Å². The van der Waals surface area contributed by atoms with E-state index in [1.54, 1.807) is 0 Å². The van der Waals surface area contributed by atoms with Crippen LogP contribution >= 0.6 is 0 Å². The summed E-state index contributed by atoms with van der Waals surface area (Å²) in [5, 5.41) is 17.3. The van der Waals surface area contributed by atoms with Gasteiger partial charge in [-0.2, -0.15) is 0 Å². The van der Waals surface area contributed by atoms with Gasteiger partial charge in [0.15, 0.2) is 6.04 Å². The number of aliphatic hydroxyl groups excluding tert-OH is 1. The van der Waals surface area contributed by atoms with Crippen LogP contribution in [-0.2, 0) is 9.59 Å². The van der Waals surface area contributed by atoms with E-state index in [-0.39, 0.29) is 5.91 Å². The second-order valence-electron chi connectivity index (χ2n) is 2.73. The van der Waals surface area contributed by atoms with E-state index in [0.29, 0.717) is 19.4 Å². The first-order valence-corrected chi connectivity index (χ1v) is 3.80. The number of aliphatic carboxylic acids is 1. The van der Waals surface area contributed by atoms with Crippen LogP contribution in [0.4, 0.5) is 0 Å². The monoisotopic (exact) mass is 173 g/mol. The third kappa shape index (κ3) is 1.55. The Morgan fingerprint density at radius 2 is 2.33 bits per heavy atom. The Bertz CT molecular complexity index is 204. The second kappa shape index (κ2) is 3.53. The summed E-state index contributed by atoms with van der Waals surface area (Å²) in [5.41, 5.74) is 0. The Balaban J connectivity index is 2.65. The minimum atomic E-state index is -1.15. The first-order chi connectivity index (χ1) is 5.66. The van der Waals surface area contributed by atoms with Crippen molar-refractivity contribution in [1.29, 1.82) is 0 Å². The zero-order chi connectivity index (χ0) is 9.14. The van der Waals surface area contributed by atoms with Crippen molar-refractivity contribution in [3.05, 3.63) is 0 Å². The molecule has 0 aromatic rings. The molecule has 1 saturated heterocycles. The maximum Gasteiger partial charge on any atom is 0.328 e. The molecule has 5 nitrogen and oxygen atoms in total. The molecule has 68 valence electrons. The molecule has 12 heavy (non-hydrogen) atoms. The van der Waals surface area contributed by atoms with Crippen molar-refractivity contribution >= 4 is 11.9 Å². The molecule has 1 fully saturated rings. The van der Waals surface area contributed by atoms with Gasteiger partial charge in [0, 0.05) is 13.0 Å². The molecule has 1 rings (SSSR count). The van der Waals surface area contributed by atoms with Crippen LogP contribution in [-0.4, -0.2) is 46.2 Å². The van der Waals surface area contributed by atoms with E-state index in [2.05, 4.69) is 0 Å². The van der Waals surface area contributed by atoms with Crippen LogP contribution in [0, 0.1) is 0 Å². The Labute approximate surface area is 69.6 Å². The third-order valence-electron chi connectivity index (χ3n) is 1.94. The van der Waals surface area contributed by atoms with E-state index in [4.69, 9.17) is 10.2 Å². The molecule has 0 aromatic carbocycles. The highest BCUT2D eigenvalue weighted by atomic mass is 16.4. The molecule has 5 heteroatoms. The number of likely N-dealkylation sites (tertiary alicyclic amines) is 1. The van der Waals surface area contributed by atoms with Crippen LogP contribution in [0.3, 0.4) is 0 Å². The molecule has 1 unspecified atom stereocenters. The molecule has 1 aliphatic rings. The van der Waals surface area contributed by atoms with Gasteiger partial charge in [-0.05, 0) is 6.42 Å². The van der Waals surface area contributed by atoms with Crippen LogP contribution in [0.15, 0.2) is 0 Å². The van der Waals surface area contributed by atoms with Crippen molar-refractivity contribution in [2.24, 2.45) is 0 Å². The summed E-state index contributed by atoms with van der Waals surface area (Å²) in [7, 11) is 0. The van der Waals surface area contributed by atoms with Crippen molar-refractivity contribution in [3.63, 3.8) is 0 Å². The number of hydrogen-bond acceptors (Lipinski definition) is 3. The number of rotatable bonds is 3. The average Bonchev–Trinajstić information content (AvgIpc) is 2.38. The number of carbonyl (C=O) groups is 2. The molecule has 2 N–H and O–H groups in total. The molecular weight excluding hydrogens is 162 g/mol. The van der Waals surface area contributed by atoms with Gasteiger partial charge < -0.3 is 15.1 Å². The van der Waals surface area contributed by atoms with Gasteiger partial charge in [-0.3, -0.25) is 4.79 Å². The lowest BCUT2D eigenvalue weighted by Gasteiger charge is -2.21. The topological polar surface area (TPSA) is 77.8 Å². The summed E-state index contributed by atoms with van der Waals surface area (Å²) < 4.78 is 0. The van der Waals surface area contributed by atoms with E-state index < -0.39 is 18.6 Å². The van der Waals surface area contributed by atoms with Crippen molar-refractivity contribution in [2.45, 2.75) is 18.9 Å². The van der Waals surface area contributed by atoms with Crippen LogP contribution in [0.2, 0.25) is 0 Å². The fourth-order valence-corrected chi connectivity index (χ4v) is 1.31. The lowest BCUT2D eigenvalue weighted by atomic mass is 10.3. The minimum Gasteiger partial charge on any atom is -0.480 e. The molecule has 0 aromatic heterocycles. The van der Waals surface area contributed by atoms with E-state index in [9.17, 15) is 9.59 Å². The lowest BCUT2D eigenvalue weighted by Crippen LogP contribution is -2.44. The molecule has 0 saturated carbocycles. The normalized spacial score (nSPS) is 19.8. The molecule has 1 amide bonds. The molecule has 1 aliphatic heterocycles. The van der Waals surface area contributed by atoms with Gasteiger partial charge in [0.1, 0.15) is 0 Å². The summed E-state index contributed by atoms with van der Waals surface area (Å²) in [4.78, 5) is 22.8. The van der Waals surface area contributed by atoms with Gasteiger partial charge in [-0.25, -0.2) is 4.79 Å². The fourth-order valence-electron chi connectivity index (χ4n) is 1.31. The Kier molecular flexibility index (Phi) is 2.65. The largest absolute Gasteiger partial charge is 0.480 e. The highest BCUT2D eigenvalue weighted by molar-refractivity contribution is 5.85. The SMILES string of the molecule is O=C(O)C(CO)N1CCCC1=O. The number of carboxylic acid groups (broad SMARTS) is 1. The molecule has 0 spiro atoms. The minimum absolute atomic E-state index is 0.184. The zero-order valence-electron chi connectivity index (χ0n) is 6.56. The van der Waals surface area contributed by atoms with Crippen molar-refractivity contribution in [1.82, 2.24) is 4.90 Å². The number of aliphatic hydroxyl groups is 1. The molecule has 1 atom stereocenters. The first kappa shape index (κ1) is 8.99. The Hall–Kier alpha value is -1.10. The number of nitrogens with zero attached hydrogens (tertiary/aromatic N) is 1. The zero-order valence-corrected chi connectivity index (χ0v) is 6.56. The van der Waals surface area contributed by atoms with Gasteiger partial charge >= 0.3 is 5.97 Å². The predicted molar refractivity (Wildman–Crippen MR) is 39.5 cm³/mol. The standard InChI is InChI=1S/C7H11NO4/c9-4-5(7(11)12)8-3-1-2-6(8)10/h5,9H,1-4H2,(H,11,12). The summed E-state index contributed by atoms with van der Waals surface area (Å²) in [6.07, 6.45) is 1.08. The molecule has 0 aliphatic carbocycles. The number of carboxylic acids is 1. The summed E-state index contributed by atoms with van der Waals surface area (Å²) in [6, 6.07) is -1.06. The van der Waals surface area contributed by atoms with Crippen molar-refractivity contribution in [2.75, 3.05) is 13.2 Å². The van der Waals surface area contributed by atoms with Crippen LogP contribution in [0.1, 0.15) is 12.8 Å². The number of hydrogen-bond donors (Lipinski definition) is 2. The summed E-state index contributed by atoms with van der Waals surface area (Å²) in [5.74, 6) is -1.33. The van der Waals surface area contributed by atoms with Gasteiger partial charge in [0.05, 0.1) is 6.61 Å². The lowest BCUT2D eigenvalue weighted by molar-refractivity contribution is -0.149. The molecule has 0 bridgehead atoms. The fraction of sp³-hybridized carbons (Fsp3) is 0.714. The van der Waals surface area contributed by atoms with Crippen molar-refractivity contribution in [3.8, 4) is 0 Å². The number of amides is 1. The molecule has 0 radical (unpaired) electrons. The van der Waals surface area contributed by atoms with Gasteiger partial charge in [0.25, 0.3) is 0 Å². The molecular formula is C7H11NO4. The number of carbonyl (C=O) groups excluding carboxylic acids is 1. The van der Waals surface area contributed by atoms with Gasteiger partial charge in [-0.1, -0.05) is 0 Å². The maximum atomic E-state index is 11.0. The van der Waals surface area contributed by atoms with E-state index in [0.717, 1.165) is 0 Å². The highest BCUT2D eigenvalue weighted by Gasteiger charge is 2.31. The Morgan fingerprint density at radius 3 is 2.67 bits per heavy atom. The first-order valence-electron chi connectivity index (χ1n) is 3.80. The van der Waals surface area contributed by atoms with E-state index >= 15 is 0 Å². The third-order valence-corrected chi connectivity index (χ3v) is 1.94. The van der Waals surface area contributed by atoms with Gasteiger partial charge in [-0.15, -0.1) is 0 Å². The van der Waals surface area contributed by atoms with Crippen LogP contribution in [0.25, 0.3) is 0 Å². The van der Waals surface area contributed by atoms with E-state index in [1.165, 1.54) is 4.90 Å². The van der Waals surface area contributed by atoms with Crippen LogP contribution in [0.5, 0.6) is 0 Å². The summed E-state index contributed by atoms with van der Waals surface area (Å²) in [6.45, 7) is -0.0720. The average molecular weight is 173 g/mol. The smallest absolute Gasteiger partial charge is 0.328 e. The van der Waals surface area contributed by atoms with E-state index in [1.807, 2.05) is 0 Å². The maximum absolute atomic E-state index is 11.0. The van der Waals surface area contributed by atoms with Crippen molar-refractivity contribution < 1.29 is 19.8 Å². The second-order valence-corrected chi connectivity index (χ2v) is 2.73. The highest BCUT2D eigenvalue weighted by Crippen LogP contribution is 2.13.